The molecule has 1 atom stereocenters. The van der Waals surface area contributed by atoms with E-state index in [0.717, 1.165) is 25.3 Å². The molecule has 0 spiro atoms. The van der Waals surface area contributed by atoms with Gasteiger partial charge in [0.25, 0.3) is 0 Å². The molecule has 0 bridgehead atoms. The van der Waals surface area contributed by atoms with Crippen LogP contribution in [-0.4, -0.2) is 24.6 Å². The van der Waals surface area contributed by atoms with E-state index in [-0.39, 0.29) is 0 Å². The maximum atomic E-state index is 5.76. The van der Waals surface area contributed by atoms with Crippen LogP contribution in [0.5, 0.6) is 0 Å². The Bertz CT molecular complexity index is 267. The molecule has 110 valence electrons. The van der Waals surface area contributed by atoms with Crippen molar-refractivity contribution in [3.8, 4) is 0 Å². The van der Waals surface area contributed by atoms with Gasteiger partial charge in [-0.15, -0.1) is 0 Å². The van der Waals surface area contributed by atoms with Crippen molar-refractivity contribution in [3.05, 3.63) is 0 Å². The summed E-state index contributed by atoms with van der Waals surface area (Å²) in [5, 5.41) is 0. The van der Waals surface area contributed by atoms with Crippen LogP contribution in [-0.2, 0) is 4.74 Å². The molecular weight excluding hydrogens is 238 g/mol. The zero-order valence-electron chi connectivity index (χ0n) is 12.1. The van der Waals surface area contributed by atoms with Crippen LogP contribution in [0.25, 0.3) is 0 Å². The predicted octanol–water partition coefficient (Wildman–Crippen LogP) is 2.92. The average Bonchev–Trinajstić information content (AvgIpc) is 2.73. The van der Waals surface area contributed by atoms with E-state index in [1.807, 2.05) is 0 Å². The van der Waals surface area contributed by atoms with E-state index < -0.39 is 0 Å². The number of amidine groups is 1. The Morgan fingerprint density at radius 2 is 1.79 bits per heavy atom. The molecule has 3 N–H and O–H groups in total. The first-order valence-corrected chi connectivity index (χ1v) is 8.03. The van der Waals surface area contributed by atoms with Crippen molar-refractivity contribution < 1.29 is 4.74 Å². The monoisotopic (exact) mass is 267 g/mol. The fourth-order valence-electron chi connectivity index (χ4n) is 3.11. The van der Waals surface area contributed by atoms with Gasteiger partial charge in [0.1, 0.15) is 5.84 Å². The van der Waals surface area contributed by atoms with Crippen LogP contribution in [0.4, 0.5) is 0 Å². The molecule has 0 aromatic heterocycles. The fraction of sp³-hybridized carbons (Fsp3) is 0.933. The first-order chi connectivity index (χ1) is 9.38. The fourth-order valence-corrected chi connectivity index (χ4v) is 3.11. The second-order valence-electron chi connectivity index (χ2n) is 5.89. The van der Waals surface area contributed by atoms with Gasteiger partial charge >= 0.3 is 0 Å². The molecule has 2 fully saturated rings. The number of hydrazine groups is 1. The lowest BCUT2D eigenvalue weighted by atomic mass is 10.0. The summed E-state index contributed by atoms with van der Waals surface area (Å²) in [6.45, 7) is 0.926. The Morgan fingerprint density at radius 1 is 1.05 bits per heavy atom. The van der Waals surface area contributed by atoms with E-state index in [1.54, 1.807) is 0 Å². The van der Waals surface area contributed by atoms with Gasteiger partial charge in [-0.05, 0) is 38.5 Å². The number of ether oxygens (including phenoxy) is 1. The minimum Gasteiger partial charge on any atom is -0.378 e. The number of rotatable bonds is 4. The molecular formula is C15H29N3O. The number of nitrogens with two attached hydrogens (primary N) is 1. The molecule has 1 aliphatic carbocycles. The van der Waals surface area contributed by atoms with Crippen molar-refractivity contribution in [1.29, 1.82) is 0 Å². The third-order valence-electron chi connectivity index (χ3n) is 4.31. The molecule has 1 saturated heterocycles. The summed E-state index contributed by atoms with van der Waals surface area (Å²) < 4.78 is 5.76. The van der Waals surface area contributed by atoms with Crippen LogP contribution in [0, 0.1) is 0 Å². The lowest BCUT2D eigenvalue weighted by Crippen LogP contribution is -2.33. The van der Waals surface area contributed by atoms with Crippen LogP contribution in [0.2, 0.25) is 0 Å². The highest BCUT2D eigenvalue weighted by Gasteiger charge is 2.16. The van der Waals surface area contributed by atoms with Gasteiger partial charge in [-0.25, -0.2) is 5.84 Å². The first kappa shape index (κ1) is 14.8. The standard InChI is InChI=1S/C15H29N3O/c16-18-15(11-10-14-9-5-6-12-19-14)17-13-7-3-1-2-4-8-13/h13-14H,1-12,16H2,(H,17,18). The molecule has 0 aromatic rings. The van der Waals surface area contributed by atoms with Gasteiger partial charge in [0.15, 0.2) is 0 Å². The molecule has 0 aromatic carbocycles. The second-order valence-corrected chi connectivity index (χ2v) is 5.89. The third-order valence-corrected chi connectivity index (χ3v) is 4.31. The van der Waals surface area contributed by atoms with E-state index in [0.29, 0.717) is 12.1 Å². The number of hydrogen-bond donors (Lipinski definition) is 2. The van der Waals surface area contributed by atoms with E-state index in [9.17, 15) is 0 Å². The lowest BCUT2D eigenvalue weighted by molar-refractivity contribution is 0.0124. The zero-order valence-corrected chi connectivity index (χ0v) is 12.1. The van der Waals surface area contributed by atoms with Gasteiger partial charge in [-0.1, -0.05) is 25.7 Å². The molecule has 19 heavy (non-hydrogen) atoms. The normalized spacial score (nSPS) is 27.0. The van der Waals surface area contributed by atoms with Crippen LogP contribution in [0.1, 0.15) is 70.6 Å². The molecule has 4 nitrogen and oxygen atoms in total. The Balaban J connectivity index is 1.77. The van der Waals surface area contributed by atoms with Crippen LogP contribution >= 0.6 is 0 Å². The quantitative estimate of drug-likeness (QED) is 0.271. The Hall–Kier alpha value is -0.610. The third kappa shape index (κ3) is 5.49. The largest absolute Gasteiger partial charge is 0.378 e. The molecule has 2 rings (SSSR count). The predicted molar refractivity (Wildman–Crippen MR) is 79.1 cm³/mol. The number of nitrogens with zero attached hydrogens (tertiary/aromatic N) is 1. The Labute approximate surface area is 117 Å². The average molecular weight is 267 g/mol. The first-order valence-electron chi connectivity index (χ1n) is 8.03. The number of nitrogens with one attached hydrogen (secondary N) is 1. The molecule has 2 aliphatic rings. The lowest BCUT2D eigenvalue weighted by Gasteiger charge is -2.23. The van der Waals surface area contributed by atoms with Crippen molar-refractivity contribution >= 4 is 5.84 Å². The summed E-state index contributed by atoms with van der Waals surface area (Å²) in [6, 6.07) is 0.487. The van der Waals surface area contributed by atoms with Crippen molar-refractivity contribution in [2.45, 2.75) is 82.8 Å². The van der Waals surface area contributed by atoms with Crippen LogP contribution in [0.15, 0.2) is 4.99 Å². The summed E-state index contributed by atoms with van der Waals surface area (Å²) in [6.07, 6.45) is 13.9. The maximum Gasteiger partial charge on any atom is 0.111 e. The summed E-state index contributed by atoms with van der Waals surface area (Å²) >= 11 is 0. The maximum absolute atomic E-state index is 5.76. The van der Waals surface area contributed by atoms with Gasteiger partial charge in [0, 0.05) is 13.0 Å². The summed E-state index contributed by atoms with van der Waals surface area (Å²) in [5.41, 5.74) is 2.80. The van der Waals surface area contributed by atoms with E-state index in [2.05, 4.69) is 5.43 Å². The van der Waals surface area contributed by atoms with Gasteiger partial charge in [-0.2, -0.15) is 0 Å². The summed E-state index contributed by atoms with van der Waals surface area (Å²) in [7, 11) is 0. The van der Waals surface area contributed by atoms with E-state index >= 15 is 0 Å². The van der Waals surface area contributed by atoms with Crippen molar-refractivity contribution in [2.24, 2.45) is 10.8 Å². The van der Waals surface area contributed by atoms with Gasteiger partial charge in [0.05, 0.1) is 12.1 Å². The Morgan fingerprint density at radius 3 is 2.42 bits per heavy atom. The molecule has 1 saturated carbocycles. The Kier molecular flexibility index (Phi) is 6.65. The van der Waals surface area contributed by atoms with Gasteiger partial charge in [0.2, 0.25) is 0 Å². The smallest absolute Gasteiger partial charge is 0.111 e. The second kappa shape index (κ2) is 8.54. The molecule has 1 unspecified atom stereocenters. The number of aliphatic imine (C=N–C) groups is 1. The molecule has 1 heterocycles. The van der Waals surface area contributed by atoms with Gasteiger partial charge in [-0.3, -0.25) is 4.99 Å². The van der Waals surface area contributed by atoms with E-state index in [4.69, 9.17) is 15.6 Å². The number of hydrogen-bond acceptors (Lipinski definition) is 3. The topological polar surface area (TPSA) is 59.6 Å². The molecule has 0 amide bonds. The minimum absolute atomic E-state index is 0.418. The summed E-state index contributed by atoms with van der Waals surface area (Å²) in [5.74, 6) is 6.60. The SMILES string of the molecule is NNC(CCC1CCCCO1)=NC1CCCCCC1. The molecule has 0 radical (unpaired) electrons. The molecule has 4 heteroatoms. The highest BCUT2D eigenvalue weighted by atomic mass is 16.5. The zero-order chi connectivity index (χ0) is 13.3. The van der Waals surface area contributed by atoms with E-state index in [1.165, 1.54) is 57.8 Å². The summed E-state index contributed by atoms with van der Waals surface area (Å²) in [4.78, 5) is 4.82. The van der Waals surface area contributed by atoms with Crippen molar-refractivity contribution in [2.75, 3.05) is 6.61 Å². The highest BCUT2D eigenvalue weighted by molar-refractivity contribution is 5.81. The van der Waals surface area contributed by atoms with Crippen molar-refractivity contribution in [3.63, 3.8) is 0 Å². The highest BCUT2D eigenvalue weighted by Crippen LogP contribution is 2.21. The van der Waals surface area contributed by atoms with Crippen molar-refractivity contribution in [1.82, 2.24) is 5.43 Å². The molecule has 1 aliphatic heterocycles. The van der Waals surface area contributed by atoms with Crippen LogP contribution < -0.4 is 11.3 Å². The minimum atomic E-state index is 0.418. The van der Waals surface area contributed by atoms with Gasteiger partial charge < -0.3 is 10.2 Å². The van der Waals surface area contributed by atoms with Crippen LogP contribution in [0.3, 0.4) is 0 Å².